The Hall–Kier alpha value is -2.10. The number of pyridine rings is 1. The number of nitrogens with one attached hydrogen (secondary N) is 1. The molecule has 0 fully saturated rings. The van der Waals surface area contributed by atoms with Crippen molar-refractivity contribution in [1.82, 2.24) is 14.9 Å². The number of nitrogens with zero attached hydrogens (tertiary/aromatic N) is 2. The molecule has 4 nitrogen and oxygen atoms in total. The van der Waals surface area contributed by atoms with Crippen LogP contribution in [0.15, 0.2) is 43.0 Å². The Morgan fingerprint density at radius 3 is 2.68 bits per heavy atom. The minimum absolute atomic E-state index is 0.177. The number of amides is 1. The monoisotopic (exact) mass is 257 g/mol. The zero-order chi connectivity index (χ0) is 13.5. The molecule has 0 aliphatic rings. The van der Waals surface area contributed by atoms with E-state index in [0.717, 1.165) is 25.1 Å². The van der Waals surface area contributed by atoms with E-state index in [0.29, 0.717) is 6.42 Å². The highest BCUT2D eigenvalue weighted by atomic mass is 16.2. The summed E-state index contributed by atoms with van der Waals surface area (Å²) >= 11 is 0. The molecule has 0 saturated carbocycles. The highest BCUT2D eigenvalue weighted by molar-refractivity contribution is 5.78. The lowest BCUT2D eigenvalue weighted by Crippen LogP contribution is -2.33. The fourth-order valence-electron chi connectivity index (χ4n) is 2.03. The SMILES string of the molecule is CCN(CCc1ccncc1)C(=O)Cc1cc[nH]c1. The lowest BCUT2D eigenvalue weighted by atomic mass is 10.1. The van der Waals surface area contributed by atoms with Gasteiger partial charge in [0.2, 0.25) is 5.91 Å². The topological polar surface area (TPSA) is 49.0 Å². The second-order valence-corrected chi connectivity index (χ2v) is 4.47. The van der Waals surface area contributed by atoms with Gasteiger partial charge in [-0.2, -0.15) is 0 Å². The maximum absolute atomic E-state index is 12.2. The number of carbonyl (C=O) groups is 1. The molecule has 0 aliphatic carbocycles. The van der Waals surface area contributed by atoms with E-state index in [1.807, 2.05) is 42.4 Å². The van der Waals surface area contributed by atoms with E-state index in [2.05, 4.69) is 9.97 Å². The predicted octanol–water partition coefficient (Wildman–Crippen LogP) is 2.04. The van der Waals surface area contributed by atoms with Crippen molar-refractivity contribution < 1.29 is 4.79 Å². The van der Waals surface area contributed by atoms with Crippen LogP contribution < -0.4 is 0 Å². The summed E-state index contributed by atoms with van der Waals surface area (Å²) < 4.78 is 0. The molecule has 0 bridgehead atoms. The van der Waals surface area contributed by atoms with Crippen LogP contribution in [0.4, 0.5) is 0 Å². The largest absolute Gasteiger partial charge is 0.367 e. The summed E-state index contributed by atoms with van der Waals surface area (Å²) in [5.41, 5.74) is 2.25. The minimum Gasteiger partial charge on any atom is -0.367 e. The maximum Gasteiger partial charge on any atom is 0.227 e. The van der Waals surface area contributed by atoms with Gasteiger partial charge in [-0.15, -0.1) is 0 Å². The highest BCUT2D eigenvalue weighted by Gasteiger charge is 2.12. The third kappa shape index (κ3) is 3.95. The Kier molecular flexibility index (Phi) is 4.72. The Labute approximate surface area is 113 Å². The normalized spacial score (nSPS) is 10.4. The Balaban J connectivity index is 1.87. The van der Waals surface area contributed by atoms with E-state index < -0.39 is 0 Å². The van der Waals surface area contributed by atoms with Gasteiger partial charge in [0.25, 0.3) is 0 Å². The molecule has 1 N–H and O–H groups in total. The second kappa shape index (κ2) is 6.73. The van der Waals surface area contributed by atoms with E-state index in [9.17, 15) is 4.79 Å². The van der Waals surface area contributed by atoms with Crippen LogP contribution in [0.1, 0.15) is 18.1 Å². The lowest BCUT2D eigenvalue weighted by Gasteiger charge is -2.20. The van der Waals surface area contributed by atoms with Crippen molar-refractivity contribution in [1.29, 1.82) is 0 Å². The number of aromatic nitrogens is 2. The molecule has 0 atom stereocenters. The molecular formula is C15H19N3O. The van der Waals surface area contributed by atoms with Crippen LogP contribution in [-0.4, -0.2) is 33.9 Å². The lowest BCUT2D eigenvalue weighted by molar-refractivity contribution is -0.130. The second-order valence-electron chi connectivity index (χ2n) is 4.47. The van der Waals surface area contributed by atoms with Crippen molar-refractivity contribution in [2.45, 2.75) is 19.8 Å². The number of hydrogen-bond acceptors (Lipinski definition) is 2. The Morgan fingerprint density at radius 2 is 2.05 bits per heavy atom. The molecule has 4 heteroatoms. The molecular weight excluding hydrogens is 238 g/mol. The van der Waals surface area contributed by atoms with Crippen molar-refractivity contribution in [3.8, 4) is 0 Å². The van der Waals surface area contributed by atoms with Gasteiger partial charge in [-0.05, 0) is 42.7 Å². The number of aromatic amines is 1. The first-order chi connectivity index (χ1) is 9.29. The Bertz CT molecular complexity index is 493. The van der Waals surface area contributed by atoms with Crippen LogP contribution >= 0.6 is 0 Å². The van der Waals surface area contributed by atoms with E-state index in [1.165, 1.54) is 5.56 Å². The first kappa shape index (κ1) is 13.3. The van der Waals surface area contributed by atoms with E-state index in [4.69, 9.17) is 0 Å². The van der Waals surface area contributed by atoms with Crippen LogP contribution in [0.2, 0.25) is 0 Å². The molecule has 0 saturated heterocycles. The maximum atomic E-state index is 12.2. The van der Waals surface area contributed by atoms with Crippen molar-refractivity contribution >= 4 is 5.91 Å². The molecule has 2 rings (SSSR count). The van der Waals surface area contributed by atoms with E-state index >= 15 is 0 Å². The molecule has 0 unspecified atom stereocenters. The number of hydrogen-bond donors (Lipinski definition) is 1. The van der Waals surface area contributed by atoms with Gasteiger partial charge in [-0.1, -0.05) is 0 Å². The van der Waals surface area contributed by atoms with Crippen LogP contribution in [0.3, 0.4) is 0 Å². The number of rotatable bonds is 6. The summed E-state index contributed by atoms with van der Waals surface area (Å²) in [6, 6.07) is 5.92. The molecule has 2 aromatic heterocycles. The van der Waals surface area contributed by atoms with Crippen LogP contribution in [0, 0.1) is 0 Å². The van der Waals surface area contributed by atoms with Crippen LogP contribution in [0.25, 0.3) is 0 Å². The molecule has 19 heavy (non-hydrogen) atoms. The Morgan fingerprint density at radius 1 is 1.26 bits per heavy atom. The molecule has 2 heterocycles. The molecule has 2 aromatic rings. The average Bonchev–Trinajstić information content (AvgIpc) is 2.93. The molecule has 0 aromatic carbocycles. The van der Waals surface area contributed by atoms with Crippen LogP contribution in [0.5, 0.6) is 0 Å². The van der Waals surface area contributed by atoms with E-state index in [1.54, 1.807) is 12.4 Å². The summed E-state index contributed by atoms with van der Waals surface area (Å²) in [7, 11) is 0. The zero-order valence-electron chi connectivity index (χ0n) is 11.2. The predicted molar refractivity (Wildman–Crippen MR) is 74.7 cm³/mol. The van der Waals surface area contributed by atoms with E-state index in [-0.39, 0.29) is 5.91 Å². The minimum atomic E-state index is 0.177. The van der Waals surface area contributed by atoms with Crippen molar-refractivity contribution in [3.05, 3.63) is 54.1 Å². The summed E-state index contributed by atoms with van der Waals surface area (Å²) in [5, 5.41) is 0. The van der Waals surface area contributed by atoms with Gasteiger partial charge in [0.05, 0.1) is 6.42 Å². The van der Waals surface area contributed by atoms with Gasteiger partial charge >= 0.3 is 0 Å². The number of carbonyl (C=O) groups excluding carboxylic acids is 1. The zero-order valence-corrected chi connectivity index (χ0v) is 11.2. The fourth-order valence-corrected chi connectivity index (χ4v) is 2.03. The average molecular weight is 257 g/mol. The third-order valence-corrected chi connectivity index (χ3v) is 3.17. The van der Waals surface area contributed by atoms with Gasteiger partial charge in [0.1, 0.15) is 0 Å². The molecule has 0 radical (unpaired) electrons. The van der Waals surface area contributed by atoms with Crippen molar-refractivity contribution in [2.75, 3.05) is 13.1 Å². The molecule has 0 aliphatic heterocycles. The third-order valence-electron chi connectivity index (χ3n) is 3.17. The van der Waals surface area contributed by atoms with Gasteiger partial charge in [-0.25, -0.2) is 0 Å². The number of H-pyrrole nitrogens is 1. The summed E-state index contributed by atoms with van der Waals surface area (Å²) in [5.74, 6) is 0.177. The quantitative estimate of drug-likeness (QED) is 0.861. The summed E-state index contributed by atoms with van der Waals surface area (Å²) in [4.78, 5) is 21.0. The van der Waals surface area contributed by atoms with Crippen molar-refractivity contribution in [2.24, 2.45) is 0 Å². The first-order valence-electron chi connectivity index (χ1n) is 6.58. The fraction of sp³-hybridized carbons (Fsp3) is 0.333. The van der Waals surface area contributed by atoms with Gasteiger partial charge < -0.3 is 9.88 Å². The summed E-state index contributed by atoms with van der Waals surface area (Å²) in [6.45, 7) is 3.51. The highest BCUT2D eigenvalue weighted by Crippen LogP contribution is 2.04. The number of likely N-dealkylation sites (N-methyl/N-ethyl adjacent to an activating group) is 1. The van der Waals surface area contributed by atoms with Gasteiger partial charge in [0.15, 0.2) is 0 Å². The molecule has 0 spiro atoms. The smallest absolute Gasteiger partial charge is 0.227 e. The first-order valence-corrected chi connectivity index (χ1v) is 6.58. The standard InChI is InChI=1S/C15H19N3O/c1-2-18(10-6-13-3-7-16-8-4-13)15(19)11-14-5-9-17-12-14/h3-5,7-9,12,17H,2,6,10-11H2,1H3. The summed E-state index contributed by atoms with van der Waals surface area (Å²) in [6.07, 6.45) is 8.62. The van der Waals surface area contributed by atoms with Crippen molar-refractivity contribution in [3.63, 3.8) is 0 Å². The van der Waals surface area contributed by atoms with Gasteiger partial charge in [0, 0.05) is 37.9 Å². The van der Waals surface area contributed by atoms with Crippen LogP contribution in [-0.2, 0) is 17.6 Å². The van der Waals surface area contributed by atoms with Gasteiger partial charge in [-0.3, -0.25) is 9.78 Å². The molecule has 100 valence electrons. The molecule has 1 amide bonds.